The van der Waals surface area contributed by atoms with Crippen LogP contribution in [0.1, 0.15) is 0 Å². The average Bonchev–Trinajstić information content (AvgIpc) is 4.03. The monoisotopic (exact) mass is 892 g/mol. The zero-order valence-electron chi connectivity index (χ0n) is 37.8. The van der Waals surface area contributed by atoms with Crippen LogP contribution in [0.5, 0.6) is 0 Å². The number of para-hydroxylation sites is 4. The minimum Gasteiger partial charge on any atom is -0.276 e. The molecule has 4 aromatic heterocycles. The van der Waals surface area contributed by atoms with Crippen molar-refractivity contribution in [1.29, 1.82) is 0 Å². The van der Waals surface area contributed by atoms with E-state index < -0.39 is 0 Å². The van der Waals surface area contributed by atoms with E-state index in [0.29, 0.717) is 0 Å². The van der Waals surface area contributed by atoms with E-state index in [1.54, 1.807) is 0 Å². The van der Waals surface area contributed by atoms with Crippen LogP contribution in [0.25, 0.3) is 134 Å². The van der Waals surface area contributed by atoms with Crippen molar-refractivity contribution in [2.75, 3.05) is 0 Å². The van der Waals surface area contributed by atoms with Crippen molar-refractivity contribution < 1.29 is 0 Å². The second-order valence-corrected chi connectivity index (χ2v) is 17.8. The summed E-state index contributed by atoms with van der Waals surface area (Å²) in [5.41, 5.74) is 20.8. The van der Waals surface area contributed by atoms with Crippen LogP contribution in [-0.4, -0.2) is 28.7 Å². The molecule has 6 heteroatoms. The van der Waals surface area contributed by atoms with E-state index in [4.69, 9.17) is 19.9 Å². The number of aromatic nitrogens is 6. The van der Waals surface area contributed by atoms with Crippen molar-refractivity contribution in [3.05, 3.63) is 243 Å². The summed E-state index contributed by atoms with van der Waals surface area (Å²) in [7, 11) is 0. The van der Waals surface area contributed by atoms with Crippen LogP contribution in [0.15, 0.2) is 243 Å². The van der Waals surface area contributed by atoms with Gasteiger partial charge in [-0.3, -0.25) is 8.80 Å². The van der Waals surface area contributed by atoms with Gasteiger partial charge in [-0.25, -0.2) is 19.9 Å². The lowest BCUT2D eigenvalue weighted by atomic mass is 9.93. The molecule has 0 spiro atoms. The highest BCUT2D eigenvalue weighted by Gasteiger charge is 2.21. The summed E-state index contributed by atoms with van der Waals surface area (Å²) < 4.78 is 4.45. The third-order valence-electron chi connectivity index (χ3n) is 13.7. The number of hydrogen-bond donors (Lipinski definition) is 0. The van der Waals surface area contributed by atoms with E-state index in [0.717, 1.165) is 134 Å². The van der Waals surface area contributed by atoms with Gasteiger partial charge in [0.15, 0.2) is 0 Å². The first-order valence-corrected chi connectivity index (χ1v) is 23.6. The van der Waals surface area contributed by atoms with Gasteiger partial charge in [-0.2, -0.15) is 0 Å². The van der Waals surface area contributed by atoms with Crippen molar-refractivity contribution >= 4 is 55.2 Å². The zero-order valence-corrected chi connectivity index (χ0v) is 37.8. The molecule has 0 amide bonds. The summed E-state index contributed by atoms with van der Waals surface area (Å²) in [5.74, 6) is 1.68. The van der Waals surface area contributed by atoms with Crippen LogP contribution < -0.4 is 0 Å². The molecule has 10 aromatic carbocycles. The highest BCUT2D eigenvalue weighted by Crippen LogP contribution is 2.41. The quantitative estimate of drug-likeness (QED) is 0.160. The second kappa shape index (κ2) is 16.1. The van der Waals surface area contributed by atoms with Gasteiger partial charge >= 0.3 is 0 Å². The number of imidazole rings is 2. The highest BCUT2D eigenvalue weighted by molar-refractivity contribution is 6.05. The second-order valence-electron chi connectivity index (χ2n) is 17.8. The number of nitrogens with zero attached hydrogens (tertiary/aromatic N) is 6. The minimum atomic E-state index is 0.842. The maximum atomic E-state index is 5.48. The number of benzene rings is 10. The Bertz CT molecular complexity index is 4020. The smallest absolute Gasteiger partial charge is 0.149 e. The van der Waals surface area contributed by atoms with Gasteiger partial charge in [-0.05, 0) is 104 Å². The third kappa shape index (κ3) is 6.49. The first-order chi connectivity index (χ1) is 34.7. The summed E-state index contributed by atoms with van der Waals surface area (Å²) in [4.78, 5) is 21.5. The van der Waals surface area contributed by atoms with Crippen LogP contribution in [0.2, 0.25) is 0 Å². The lowest BCUT2D eigenvalue weighted by molar-refractivity contribution is 1.16. The molecule has 0 unspecified atom stereocenters. The number of hydrogen-bond acceptors (Lipinski definition) is 4. The van der Waals surface area contributed by atoms with E-state index in [1.165, 1.54) is 0 Å². The molecule has 0 atom stereocenters. The van der Waals surface area contributed by atoms with Gasteiger partial charge in [0.1, 0.15) is 22.9 Å². The van der Waals surface area contributed by atoms with Gasteiger partial charge in [0.05, 0.1) is 33.1 Å². The van der Waals surface area contributed by atoms with Gasteiger partial charge < -0.3 is 0 Å². The fraction of sp³-hybridized carbons (Fsp3) is 0. The molecule has 0 saturated carbocycles. The molecule has 4 heterocycles. The highest BCUT2D eigenvalue weighted by atomic mass is 15.1. The van der Waals surface area contributed by atoms with Crippen LogP contribution >= 0.6 is 0 Å². The number of fused-ring (bicyclic) bond motifs is 10. The Kier molecular flexibility index (Phi) is 9.10. The molecule has 0 saturated heterocycles. The fourth-order valence-electron chi connectivity index (χ4n) is 10.3. The van der Waals surface area contributed by atoms with Crippen molar-refractivity contribution in [2.45, 2.75) is 0 Å². The van der Waals surface area contributed by atoms with Gasteiger partial charge in [0.2, 0.25) is 0 Å². The van der Waals surface area contributed by atoms with Crippen molar-refractivity contribution in [1.82, 2.24) is 28.7 Å². The lowest BCUT2D eigenvalue weighted by Gasteiger charge is -2.15. The Morgan fingerprint density at radius 1 is 0.229 bits per heavy atom. The molecule has 326 valence electrons. The molecule has 0 fully saturated rings. The molecule has 14 aromatic rings. The van der Waals surface area contributed by atoms with Crippen molar-refractivity contribution in [2.24, 2.45) is 0 Å². The Hall–Kier alpha value is -9.52. The zero-order chi connectivity index (χ0) is 46.1. The molecule has 0 N–H and O–H groups in total. The van der Waals surface area contributed by atoms with E-state index >= 15 is 0 Å². The molecule has 6 nitrogen and oxygen atoms in total. The molecular weight excluding hydrogens is 853 g/mol. The van der Waals surface area contributed by atoms with Crippen molar-refractivity contribution in [3.8, 4) is 78.4 Å². The van der Waals surface area contributed by atoms with E-state index in [9.17, 15) is 0 Å². The molecule has 0 radical (unpaired) electrons. The molecule has 0 aliphatic rings. The molecule has 70 heavy (non-hydrogen) atoms. The predicted molar refractivity (Wildman–Crippen MR) is 288 cm³/mol. The largest absolute Gasteiger partial charge is 0.276 e. The van der Waals surface area contributed by atoms with Crippen LogP contribution in [0.3, 0.4) is 0 Å². The summed E-state index contributed by atoms with van der Waals surface area (Å²) in [6.45, 7) is 0. The van der Waals surface area contributed by atoms with Gasteiger partial charge in [0.25, 0.3) is 0 Å². The van der Waals surface area contributed by atoms with E-state index in [2.05, 4.69) is 239 Å². The summed E-state index contributed by atoms with van der Waals surface area (Å²) in [6, 6.07) is 85.6. The van der Waals surface area contributed by atoms with Gasteiger partial charge in [-0.15, -0.1) is 0 Å². The first kappa shape index (κ1) is 39.6. The van der Waals surface area contributed by atoms with Crippen LogP contribution in [0.4, 0.5) is 0 Å². The van der Waals surface area contributed by atoms with Gasteiger partial charge in [-0.1, -0.05) is 194 Å². The summed E-state index contributed by atoms with van der Waals surface area (Å²) in [5, 5.41) is 2.01. The Morgan fingerprint density at radius 3 is 0.886 bits per heavy atom. The van der Waals surface area contributed by atoms with Crippen LogP contribution in [0, 0.1) is 0 Å². The minimum absolute atomic E-state index is 0.842. The maximum absolute atomic E-state index is 5.48. The van der Waals surface area contributed by atoms with Gasteiger partial charge in [0, 0.05) is 21.9 Å². The predicted octanol–water partition coefficient (Wildman–Crippen LogP) is 16.1. The lowest BCUT2D eigenvalue weighted by Crippen LogP contribution is -1.99. The van der Waals surface area contributed by atoms with Crippen molar-refractivity contribution in [3.63, 3.8) is 0 Å². The standard InChI is InChI=1S/C64H40N6/c1-5-17-43(18-6-1)49-37-53-57(39-51(49)45-21-9-3-10-22-45)67-61(69-59-27-15-13-25-55(59)65-63(53)69)47-33-29-41(30-34-47)42-31-35-48(36-32-42)62-68-58-40-52(46-23-11-4-12-24-46)50(44-19-7-2-8-20-44)38-54(58)64-66-56-26-14-16-28-60(56)70(62)64/h1-40H. The van der Waals surface area contributed by atoms with E-state index in [-0.39, 0.29) is 0 Å². The molecule has 0 aliphatic heterocycles. The Labute approximate surface area is 403 Å². The summed E-state index contributed by atoms with van der Waals surface area (Å²) in [6.07, 6.45) is 0. The molecule has 0 aliphatic carbocycles. The SMILES string of the molecule is c1ccc(-c2cc3nc(-c4ccc(-c5ccc(-c6nc7cc(-c8ccccc8)c(-c8ccccc8)cc7c7nc8ccccc8n67)cc5)cc4)n4c5ccccc5nc4c3cc2-c2ccccc2)cc1. The fourth-order valence-corrected chi connectivity index (χ4v) is 10.3. The topological polar surface area (TPSA) is 60.4 Å². The number of rotatable bonds is 7. The maximum Gasteiger partial charge on any atom is 0.149 e. The first-order valence-electron chi connectivity index (χ1n) is 23.6. The Morgan fingerprint density at radius 2 is 0.529 bits per heavy atom. The molecule has 14 rings (SSSR count). The Balaban J connectivity index is 0.885. The van der Waals surface area contributed by atoms with Crippen LogP contribution in [-0.2, 0) is 0 Å². The molecule has 0 bridgehead atoms. The summed E-state index contributed by atoms with van der Waals surface area (Å²) >= 11 is 0. The van der Waals surface area contributed by atoms with E-state index in [1.807, 2.05) is 12.1 Å². The third-order valence-corrected chi connectivity index (χ3v) is 13.7. The molecular formula is C64H40N6. The normalized spacial score (nSPS) is 11.7. The average molecular weight is 893 g/mol.